The van der Waals surface area contributed by atoms with Gasteiger partial charge in [-0.05, 0) is 148 Å². The first-order chi connectivity index (χ1) is 43.6. The second-order valence-corrected chi connectivity index (χ2v) is 23.0. The maximum Gasteiger partial charge on any atom is 0.306 e. The van der Waals surface area contributed by atoms with Gasteiger partial charge in [0, 0.05) is 12.8 Å². The summed E-state index contributed by atoms with van der Waals surface area (Å²) in [5.41, 5.74) is 0. The highest BCUT2D eigenvalue weighted by Gasteiger charge is 2.22. The van der Waals surface area contributed by atoms with Crippen LogP contribution in [0.3, 0.4) is 0 Å². The van der Waals surface area contributed by atoms with Gasteiger partial charge in [0.2, 0.25) is 0 Å². The third-order valence-corrected chi connectivity index (χ3v) is 13.5. The van der Waals surface area contributed by atoms with E-state index in [-0.39, 0.29) is 32.7 Å². The van der Waals surface area contributed by atoms with Crippen LogP contribution in [0.25, 0.3) is 0 Å². The van der Waals surface area contributed by atoms with Crippen molar-refractivity contribution < 1.29 is 42.9 Å². The third kappa shape index (κ3) is 69.2. The first kappa shape index (κ1) is 82.9. The van der Waals surface area contributed by atoms with Crippen LogP contribution in [0, 0.1) is 0 Å². The lowest BCUT2D eigenvalue weighted by molar-refractivity contribution is -0.870. The van der Waals surface area contributed by atoms with Gasteiger partial charge in [-0.15, -0.1) is 0 Å². The SMILES string of the molecule is CC/C=C\C/C=C\C/C=C\C/C=C\C/C=C\C/C=C\C/C=C\C/C=C\C/C=C\C/C=C\CCCCCCCCC(=O)OC(COC(=O)CCCCCCC/C=C\C/C=C\C/C=C\C/C=C\C/C=C\C/C=C\C/C=C\CC)COC(OCC[N+](C)(C)C)C(=O)[O-]. The van der Waals surface area contributed by atoms with Crippen molar-refractivity contribution in [1.82, 2.24) is 0 Å². The largest absolute Gasteiger partial charge is 0.545 e. The predicted molar refractivity (Wildman–Crippen MR) is 379 cm³/mol. The van der Waals surface area contributed by atoms with E-state index in [9.17, 15) is 19.5 Å². The van der Waals surface area contributed by atoms with Crippen molar-refractivity contribution in [3.05, 3.63) is 207 Å². The van der Waals surface area contributed by atoms with Gasteiger partial charge in [0.1, 0.15) is 13.2 Å². The molecule has 496 valence electrons. The molecular formula is C80H123NO8. The van der Waals surface area contributed by atoms with Gasteiger partial charge in [-0.1, -0.05) is 265 Å². The molecule has 0 aliphatic heterocycles. The van der Waals surface area contributed by atoms with Crippen LogP contribution in [-0.2, 0) is 33.3 Å². The smallest absolute Gasteiger partial charge is 0.306 e. The molecule has 0 aromatic rings. The lowest BCUT2D eigenvalue weighted by Gasteiger charge is -2.26. The van der Waals surface area contributed by atoms with Gasteiger partial charge in [0.05, 0.1) is 40.3 Å². The second-order valence-electron chi connectivity index (χ2n) is 23.0. The summed E-state index contributed by atoms with van der Waals surface area (Å²) in [6, 6.07) is 0. The standard InChI is InChI=1S/C80H123NO8/c1-6-8-10-12-14-16-18-20-22-24-26-28-30-32-34-35-36-37-38-39-40-41-42-43-45-47-49-51-53-55-57-59-61-63-65-67-69-71-78(83)89-76(75-88-80(79(84)85)86-73-72-81(3,4)5)74-87-77(82)70-68-66-64-62-60-58-56-54-52-50-48-46-44-33-31-29-27-25-23-21-19-17-15-13-11-9-7-2/h8-11,14-17,20-23,26-29,32-34,36-37,39-40,42-44,47-50,53-56,76,80H,6-7,12-13,18-19,24-25,30-31,35,38,41,45-46,51-52,57-75H2,1-5H3/b10-8-,11-9-,16-14-,17-15-,22-20-,23-21-,28-26-,29-27-,34-32-,37-36-,40-39-,43-42-,44-33-,49-47-,50-48-,55-53-,56-54-. The molecule has 9 nitrogen and oxygen atoms in total. The van der Waals surface area contributed by atoms with E-state index < -0.39 is 30.3 Å². The van der Waals surface area contributed by atoms with Crippen molar-refractivity contribution in [2.45, 2.75) is 232 Å². The van der Waals surface area contributed by atoms with Crippen LogP contribution < -0.4 is 5.11 Å². The number of likely N-dealkylation sites (N-methyl/N-ethyl adjacent to an activating group) is 1. The van der Waals surface area contributed by atoms with Gasteiger partial charge in [0.25, 0.3) is 0 Å². The Morgan fingerprint density at radius 3 is 0.899 bits per heavy atom. The van der Waals surface area contributed by atoms with Crippen LogP contribution >= 0.6 is 0 Å². The van der Waals surface area contributed by atoms with E-state index >= 15 is 0 Å². The molecule has 0 N–H and O–H groups in total. The number of rotatable bonds is 60. The molecule has 0 aromatic carbocycles. The average Bonchev–Trinajstić information content (AvgIpc) is 3.70. The van der Waals surface area contributed by atoms with E-state index in [0.29, 0.717) is 23.9 Å². The highest BCUT2D eigenvalue weighted by molar-refractivity contribution is 5.70. The zero-order valence-corrected chi connectivity index (χ0v) is 56.5. The number of carboxylic acids is 1. The Bertz CT molecular complexity index is 2210. The highest BCUT2D eigenvalue weighted by Crippen LogP contribution is 2.13. The number of unbranched alkanes of at least 4 members (excludes halogenated alkanes) is 11. The van der Waals surface area contributed by atoms with E-state index in [4.69, 9.17) is 18.9 Å². The number of hydrogen-bond donors (Lipinski definition) is 0. The van der Waals surface area contributed by atoms with Crippen LogP contribution in [0.1, 0.15) is 219 Å². The Balaban J connectivity index is 4.31. The molecule has 0 aliphatic carbocycles. The normalized spacial score (nSPS) is 14.0. The number of quaternary nitrogens is 1. The maximum absolute atomic E-state index is 12.9. The van der Waals surface area contributed by atoms with E-state index in [2.05, 4.69) is 220 Å². The van der Waals surface area contributed by atoms with Crippen LogP contribution in [-0.4, -0.2) is 82.3 Å². The molecule has 0 bridgehead atoms. The topological polar surface area (TPSA) is 111 Å². The molecule has 0 saturated carbocycles. The van der Waals surface area contributed by atoms with Gasteiger partial charge < -0.3 is 33.3 Å². The first-order valence-electron chi connectivity index (χ1n) is 34.2. The summed E-state index contributed by atoms with van der Waals surface area (Å²) in [6.45, 7) is 4.44. The number of nitrogens with zero attached hydrogens (tertiary/aromatic N) is 1. The molecule has 0 heterocycles. The minimum atomic E-state index is -1.65. The zero-order chi connectivity index (χ0) is 64.7. The summed E-state index contributed by atoms with van der Waals surface area (Å²) in [6.07, 6.45) is 103. The molecule has 2 unspecified atom stereocenters. The van der Waals surface area contributed by atoms with Gasteiger partial charge in [-0.2, -0.15) is 0 Å². The number of allylic oxidation sites excluding steroid dienone is 34. The summed E-state index contributed by atoms with van der Waals surface area (Å²) in [4.78, 5) is 37.5. The van der Waals surface area contributed by atoms with E-state index in [1.807, 2.05) is 21.1 Å². The number of aliphatic carboxylic acids is 1. The van der Waals surface area contributed by atoms with Crippen molar-refractivity contribution in [2.24, 2.45) is 0 Å². The molecule has 0 saturated heterocycles. The number of carbonyl (C=O) groups excluding carboxylic acids is 3. The summed E-state index contributed by atoms with van der Waals surface area (Å²) < 4.78 is 22.7. The van der Waals surface area contributed by atoms with Crippen LogP contribution in [0.4, 0.5) is 0 Å². The Kier molecular flexibility index (Phi) is 63.1. The van der Waals surface area contributed by atoms with Gasteiger partial charge >= 0.3 is 11.9 Å². The van der Waals surface area contributed by atoms with Crippen molar-refractivity contribution in [2.75, 3.05) is 47.5 Å². The fraction of sp³-hybridized carbons (Fsp3) is 0.537. The monoisotopic (exact) mass is 1230 g/mol. The van der Waals surface area contributed by atoms with Crippen LogP contribution in [0.5, 0.6) is 0 Å². The van der Waals surface area contributed by atoms with E-state index in [1.54, 1.807) is 0 Å². The van der Waals surface area contributed by atoms with Crippen LogP contribution in [0.2, 0.25) is 0 Å². The number of carboxylic acid groups (broad SMARTS) is 1. The van der Waals surface area contributed by atoms with E-state index in [1.165, 1.54) is 0 Å². The molecule has 0 spiro atoms. The number of hydrogen-bond acceptors (Lipinski definition) is 8. The molecule has 0 rings (SSSR count). The van der Waals surface area contributed by atoms with Gasteiger partial charge in [-0.25, -0.2) is 0 Å². The Morgan fingerprint density at radius 1 is 0.337 bits per heavy atom. The molecular weight excluding hydrogens is 1100 g/mol. The third-order valence-electron chi connectivity index (χ3n) is 13.5. The molecule has 0 radical (unpaired) electrons. The van der Waals surface area contributed by atoms with Gasteiger partial charge in [-0.3, -0.25) is 9.59 Å². The van der Waals surface area contributed by atoms with Crippen LogP contribution in [0.15, 0.2) is 207 Å². The molecule has 0 fully saturated rings. The molecule has 0 aliphatic rings. The first-order valence-corrected chi connectivity index (χ1v) is 34.2. The van der Waals surface area contributed by atoms with Gasteiger partial charge in [0.15, 0.2) is 12.4 Å². The fourth-order valence-electron chi connectivity index (χ4n) is 8.37. The minimum absolute atomic E-state index is 0.128. The molecule has 0 aromatic heterocycles. The number of esters is 2. The van der Waals surface area contributed by atoms with Crippen molar-refractivity contribution >= 4 is 17.9 Å². The second kappa shape index (κ2) is 67.8. The number of ether oxygens (including phenoxy) is 4. The quantitative estimate of drug-likeness (QED) is 0.0195. The van der Waals surface area contributed by atoms with Crippen molar-refractivity contribution in [3.8, 4) is 0 Å². The minimum Gasteiger partial charge on any atom is -0.545 e. The Hall–Kier alpha value is -6.13. The molecule has 0 amide bonds. The van der Waals surface area contributed by atoms with E-state index in [0.717, 1.165) is 180 Å². The molecule has 9 heteroatoms. The molecule has 2 atom stereocenters. The summed E-state index contributed by atoms with van der Waals surface area (Å²) in [7, 11) is 5.90. The zero-order valence-electron chi connectivity index (χ0n) is 56.5. The summed E-state index contributed by atoms with van der Waals surface area (Å²) in [5, 5.41) is 11.8. The average molecular weight is 1230 g/mol. The summed E-state index contributed by atoms with van der Waals surface area (Å²) >= 11 is 0. The predicted octanol–water partition coefficient (Wildman–Crippen LogP) is 20.2. The Labute approximate surface area is 544 Å². The summed E-state index contributed by atoms with van der Waals surface area (Å²) in [5.74, 6) is -2.36. The lowest BCUT2D eigenvalue weighted by Crippen LogP contribution is -2.44. The molecule has 89 heavy (non-hydrogen) atoms. The van der Waals surface area contributed by atoms with Crippen molar-refractivity contribution in [3.63, 3.8) is 0 Å². The fourth-order valence-corrected chi connectivity index (χ4v) is 8.37. The lowest BCUT2D eigenvalue weighted by atomic mass is 10.1. The Morgan fingerprint density at radius 2 is 0.607 bits per heavy atom. The highest BCUT2D eigenvalue weighted by atomic mass is 16.7. The number of carbonyl (C=O) groups is 3. The maximum atomic E-state index is 12.9. The van der Waals surface area contributed by atoms with Crippen molar-refractivity contribution in [1.29, 1.82) is 0 Å².